The molecule has 0 spiro atoms. The maximum atomic E-state index is 11.7. The average molecular weight is 280 g/mol. The van der Waals surface area contributed by atoms with E-state index in [1.165, 1.54) is 44.1 Å². The monoisotopic (exact) mass is 280 g/mol. The van der Waals surface area contributed by atoms with Gasteiger partial charge in [-0.1, -0.05) is 0 Å². The number of hydrogen-bond acceptors (Lipinski definition) is 5. The van der Waals surface area contributed by atoms with Gasteiger partial charge in [0.1, 0.15) is 4.88 Å². The molecule has 3 heterocycles. The van der Waals surface area contributed by atoms with Crippen molar-refractivity contribution in [1.82, 2.24) is 9.88 Å². The lowest BCUT2D eigenvalue weighted by atomic mass is 9.92. The van der Waals surface area contributed by atoms with Gasteiger partial charge in [0.25, 0.3) is 0 Å². The fourth-order valence-corrected chi connectivity index (χ4v) is 4.60. The van der Waals surface area contributed by atoms with E-state index < -0.39 is 0 Å². The van der Waals surface area contributed by atoms with E-state index >= 15 is 0 Å². The van der Waals surface area contributed by atoms with Gasteiger partial charge in [-0.3, -0.25) is 0 Å². The Bertz CT molecular complexity index is 486. The number of fused-ring (bicyclic) bond motifs is 2. The number of carbonyl (C=O) groups excluding carboxylic acids is 1. The van der Waals surface area contributed by atoms with Crippen LogP contribution in [0.4, 0.5) is 0 Å². The van der Waals surface area contributed by atoms with Crippen molar-refractivity contribution < 1.29 is 9.53 Å². The van der Waals surface area contributed by atoms with Gasteiger partial charge in [-0.15, -0.1) is 11.3 Å². The lowest BCUT2D eigenvalue weighted by Crippen LogP contribution is -2.39. The number of nitrogens with zero attached hydrogens (tertiary/aromatic N) is 2. The molecule has 104 valence electrons. The molecule has 0 saturated carbocycles. The van der Waals surface area contributed by atoms with Crippen molar-refractivity contribution in [2.45, 2.75) is 50.6 Å². The van der Waals surface area contributed by atoms with Crippen LogP contribution in [0.25, 0.3) is 0 Å². The molecule has 5 heteroatoms. The van der Waals surface area contributed by atoms with E-state index in [2.05, 4.69) is 16.9 Å². The fourth-order valence-electron chi connectivity index (χ4n) is 3.49. The highest BCUT2D eigenvalue weighted by atomic mass is 32.1. The third kappa shape index (κ3) is 2.19. The largest absolute Gasteiger partial charge is 0.465 e. The third-order valence-electron chi connectivity index (χ3n) is 4.63. The topological polar surface area (TPSA) is 42.4 Å². The summed E-state index contributed by atoms with van der Waals surface area (Å²) in [6, 6.07) is 1.41. The first-order valence-corrected chi connectivity index (χ1v) is 7.69. The Morgan fingerprint density at radius 1 is 1.37 bits per heavy atom. The normalized spacial score (nSPS) is 30.6. The van der Waals surface area contributed by atoms with E-state index in [0.29, 0.717) is 22.9 Å². The van der Waals surface area contributed by atoms with Gasteiger partial charge >= 0.3 is 5.97 Å². The minimum Gasteiger partial charge on any atom is -0.465 e. The molecule has 2 aliphatic heterocycles. The van der Waals surface area contributed by atoms with Gasteiger partial charge in [-0.2, -0.15) is 0 Å². The Hall–Kier alpha value is -0.940. The fraction of sp³-hybridized carbons (Fsp3) is 0.714. The zero-order valence-electron chi connectivity index (χ0n) is 11.7. The molecule has 2 unspecified atom stereocenters. The highest BCUT2D eigenvalue weighted by Crippen LogP contribution is 2.43. The second-order valence-corrected chi connectivity index (χ2v) is 6.71. The number of ether oxygens (including phenoxy) is 1. The SMILES string of the molecule is COC(=O)c1sc(C2CC3CCC(C2)N3C)nc1C. The molecule has 0 amide bonds. The minimum absolute atomic E-state index is 0.253. The highest BCUT2D eigenvalue weighted by Gasteiger charge is 2.40. The maximum absolute atomic E-state index is 11.7. The first-order chi connectivity index (χ1) is 9.10. The molecule has 4 nitrogen and oxygen atoms in total. The predicted molar refractivity (Wildman–Crippen MR) is 74.7 cm³/mol. The van der Waals surface area contributed by atoms with Crippen molar-refractivity contribution in [2.24, 2.45) is 0 Å². The number of aromatic nitrogens is 1. The molecule has 3 rings (SSSR count). The Morgan fingerprint density at radius 2 is 2.00 bits per heavy atom. The molecule has 0 N–H and O–H groups in total. The number of carbonyl (C=O) groups is 1. The van der Waals surface area contributed by atoms with Crippen LogP contribution in [0.3, 0.4) is 0 Å². The van der Waals surface area contributed by atoms with Crippen LogP contribution in [-0.4, -0.2) is 42.1 Å². The van der Waals surface area contributed by atoms with Crippen LogP contribution in [0.15, 0.2) is 0 Å². The van der Waals surface area contributed by atoms with Crippen LogP contribution in [0.2, 0.25) is 0 Å². The summed E-state index contributed by atoms with van der Waals surface area (Å²) in [6.07, 6.45) is 4.99. The summed E-state index contributed by atoms with van der Waals surface area (Å²) < 4.78 is 4.81. The quantitative estimate of drug-likeness (QED) is 0.781. The first-order valence-electron chi connectivity index (χ1n) is 6.87. The predicted octanol–water partition coefficient (Wildman–Crippen LogP) is 2.58. The van der Waals surface area contributed by atoms with Crippen molar-refractivity contribution in [1.29, 1.82) is 0 Å². The van der Waals surface area contributed by atoms with Crippen LogP contribution in [0.1, 0.15) is 52.0 Å². The number of hydrogen-bond donors (Lipinski definition) is 0. The first kappa shape index (κ1) is 13.1. The van der Waals surface area contributed by atoms with Crippen molar-refractivity contribution in [2.75, 3.05) is 14.2 Å². The number of methoxy groups -OCH3 is 1. The molecule has 2 aliphatic rings. The molecule has 1 aromatic rings. The zero-order chi connectivity index (χ0) is 13.6. The molecule has 0 radical (unpaired) electrons. The van der Waals surface area contributed by atoms with Crippen LogP contribution >= 0.6 is 11.3 Å². The molecule has 1 aromatic heterocycles. The number of esters is 1. The van der Waals surface area contributed by atoms with Gasteiger partial charge in [-0.05, 0) is 39.7 Å². The summed E-state index contributed by atoms with van der Waals surface area (Å²) in [5.41, 5.74) is 0.818. The molecule has 2 atom stereocenters. The van der Waals surface area contributed by atoms with Crippen LogP contribution in [0, 0.1) is 6.92 Å². The summed E-state index contributed by atoms with van der Waals surface area (Å²) in [7, 11) is 3.67. The van der Waals surface area contributed by atoms with Gasteiger partial charge in [0.05, 0.1) is 17.8 Å². The van der Waals surface area contributed by atoms with Crippen molar-refractivity contribution >= 4 is 17.3 Å². The van der Waals surface area contributed by atoms with Crippen LogP contribution < -0.4 is 0 Å². The van der Waals surface area contributed by atoms with E-state index in [-0.39, 0.29) is 5.97 Å². The Kier molecular flexibility index (Phi) is 3.35. The Morgan fingerprint density at radius 3 is 2.58 bits per heavy atom. The second kappa shape index (κ2) is 4.87. The average Bonchev–Trinajstić information content (AvgIpc) is 2.85. The summed E-state index contributed by atoms with van der Waals surface area (Å²) >= 11 is 1.53. The van der Waals surface area contributed by atoms with Crippen LogP contribution in [-0.2, 0) is 4.74 Å². The number of thiazole rings is 1. The minimum atomic E-state index is -0.253. The molecular weight excluding hydrogens is 260 g/mol. The number of piperidine rings is 1. The molecule has 0 aromatic carbocycles. The van der Waals surface area contributed by atoms with Gasteiger partial charge in [0.15, 0.2) is 0 Å². The molecule has 0 aliphatic carbocycles. The third-order valence-corrected chi connectivity index (χ3v) is 5.93. The summed E-state index contributed by atoms with van der Waals surface area (Å²) in [5.74, 6) is 0.271. The molecular formula is C14H20N2O2S. The van der Waals surface area contributed by atoms with E-state index in [1.54, 1.807) is 0 Å². The second-order valence-electron chi connectivity index (χ2n) is 5.68. The maximum Gasteiger partial charge on any atom is 0.349 e. The Balaban J connectivity index is 1.82. The smallest absolute Gasteiger partial charge is 0.349 e. The van der Waals surface area contributed by atoms with E-state index in [0.717, 1.165) is 10.7 Å². The van der Waals surface area contributed by atoms with Crippen molar-refractivity contribution in [3.63, 3.8) is 0 Å². The van der Waals surface area contributed by atoms with Gasteiger partial charge < -0.3 is 9.64 Å². The standard InChI is InChI=1S/C14H20N2O2S/c1-8-12(14(17)18-3)19-13(15-8)9-6-10-4-5-11(7-9)16(10)2/h9-11H,4-7H2,1-3H3. The van der Waals surface area contributed by atoms with E-state index in [1.807, 2.05) is 6.92 Å². The summed E-state index contributed by atoms with van der Waals surface area (Å²) in [5, 5.41) is 1.13. The summed E-state index contributed by atoms with van der Waals surface area (Å²) in [4.78, 5) is 19.5. The van der Waals surface area contributed by atoms with Gasteiger partial charge in [0.2, 0.25) is 0 Å². The van der Waals surface area contributed by atoms with E-state index in [9.17, 15) is 4.79 Å². The lowest BCUT2D eigenvalue weighted by Gasteiger charge is -2.35. The lowest BCUT2D eigenvalue weighted by molar-refractivity contribution is 0.0605. The van der Waals surface area contributed by atoms with Gasteiger partial charge in [-0.25, -0.2) is 9.78 Å². The van der Waals surface area contributed by atoms with Crippen molar-refractivity contribution in [3.8, 4) is 0 Å². The molecule has 2 fully saturated rings. The zero-order valence-corrected chi connectivity index (χ0v) is 12.5. The molecule has 2 bridgehead atoms. The number of rotatable bonds is 2. The van der Waals surface area contributed by atoms with Crippen molar-refractivity contribution in [3.05, 3.63) is 15.6 Å². The van der Waals surface area contributed by atoms with Gasteiger partial charge in [0, 0.05) is 18.0 Å². The summed E-state index contributed by atoms with van der Waals surface area (Å²) in [6.45, 7) is 1.90. The highest BCUT2D eigenvalue weighted by molar-refractivity contribution is 7.13. The van der Waals surface area contributed by atoms with E-state index in [4.69, 9.17) is 4.74 Å². The molecule has 2 saturated heterocycles. The Labute approximate surface area is 117 Å². The number of aryl methyl sites for hydroxylation is 1. The molecule has 19 heavy (non-hydrogen) atoms. The van der Waals surface area contributed by atoms with Crippen LogP contribution in [0.5, 0.6) is 0 Å².